The molecule has 2 aliphatic rings. The number of halogens is 3. The lowest BCUT2D eigenvalue weighted by Crippen LogP contribution is -2.38. The van der Waals surface area contributed by atoms with Gasteiger partial charge in [0.25, 0.3) is 0 Å². The van der Waals surface area contributed by atoms with E-state index >= 15 is 0 Å². The van der Waals surface area contributed by atoms with E-state index in [0.29, 0.717) is 11.4 Å². The third-order valence-electron chi connectivity index (χ3n) is 5.15. The zero-order valence-corrected chi connectivity index (χ0v) is 16.1. The van der Waals surface area contributed by atoms with Gasteiger partial charge in [-0.2, -0.15) is 13.2 Å². The average molecular weight is 426 g/mol. The second-order valence-electron chi connectivity index (χ2n) is 6.98. The Bertz CT molecular complexity index is 1070. The van der Waals surface area contributed by atoms with E-state index in [9.17, 15) is 26.4 Å². The zero-order chi connectivity index (χ0) is 21.0. The molecule has 0 spiro atoms. The lowest BCUT2D eigenvalue weighted by Gasteiger charge is -2.23. The van der Waals surface area contributed by atoms with Gasteiger partial charge >= 0.3 is 12.2 Å². The number of sulfone groups is 1. The molecule has 2 heterocycles. The maximum absolute atomic E-state index is 13.2. The van der Waals surface area contributed by atoms with Crippen LogP contribution < -0.4 is 14.5 Å². The van der Waals surface area contributed by atoms with E-state index in [0.717, 1.165) is 17.0 Å². The molecular weight excluding hydrogens is 409 g/mol. The molecule has 0 bridgehead atoms. The van der Waals surface area contributed by atoms with E-state index in [2.05, 4.69) is 0 Å². The minimum atomic E-state index is -4.58. The summed E-state index contributed by atoms with van der Waals surface area (Å²) in [6.45, 7) is 0. The molecule has 29 heavy (non-hydrogen) atoms. The van der Waals surface area contributed by atoms with Crippen LogP contribution in [-0.4, -0.2) is 45.1 Å². The summed E-state index contributed by atoms with van der Waals surface area (Å²) in [5.74, 6) is -0.0823. The van der Waals surface area contributed by atoms with Crippen LogP contribution in [0.3, 0.4) is 0 Å². The Balaban J connectivity index is 1.80. The summed E-state index contributed by atoms with van der Waals surface area (Å²) < 4.78 is 69.2. The van der Waals surface area contributed by atoms with E-state index in [4.69, 9.17) is 4.74 Å². The van der Waals surface area contributed by atoms with Crippen LogP contribution in [-0.2, 0) is 16.0 Å². The summed E-state index contributed by atoms with van der Waals surface area (Å²) in [5.41, 5.74) is -0.460. The van der Waals surface area contributed by atoms with Crippen LogP contribution in [0.15, 0.2) is 48.5 Å². The number of hydrogen-bond donors (Lipinski definition) is 0. The fourth-order valence-electron chi connectivity index (χ4n) is 3.90. The summed E-state index contributed by atoms with van der Waals surface area (Å²) in [6.07, 6.45) is -4.58. The quantitative estimate of drug-likeness (QED) is 0.707. The first-order chi connectivity index (χ1) is 13.6. The molecule has 2 aromatic rings. The summed E-state index contributed by atoms with van der Waals surface area (Å²) in [7, 11) is -1.99. The number of methoxy groups -OCH3 is 1. The molecule has 0 unspecified atom stereocenters. The van der Waals surface area contributed by atoms with E-state index < -0.39 is 39.7 Å². The Morgan fingerprint density at radius 1 is 0.966 bits per heavy atom. The number of rotatable bonds is 3. The summed E-state index contributed by atoms with van der Waals surface area (Å²) in [6, 6.07) is 8.89. The van der Waals surface area contributed by atoms with Crippen LogP contribution in [0.25, 0.3) is 0 Å². The van der Waals surface area contributed by atoms with Crippen LogP contribution in [0.4, 0.5) is 29.3 Å². The van der Waals surface area contributed by atoms with Gasteiger partial charge in [-0.3, -0.25) is 9.80 Å². The number of hydrogen-bond acceptors (Lipinski definition) is 4. The number of nitrogens with zero attached hydrogens (tertiary/aromatic N) is 2. The van der Waals surface area contributed by atoms with Gasteiger partial charge < -0.3 is 4.74 Å². The lowest BCUT2D eigenvalue weighted by atomic mass is 10.1. The van der Waals surface area contributed by atoms with Crippen LogP contribution in [0.2, 0.25) is 0 Å². The highest BCUT2D eigenvalue weighted by atomic mass is 32.2. The Kier molecular flexibility index (Phi) is 4.49. The highest BCUT2D eigenvalue weighted by Crippen LogP contribution is 2.40. The minimum absolute atomic E-state index is 0.0160. The van der Waals surface area contributed by atoms with Gasteiger partial charge in [0.2, 0.25) is 0 Å². The third-order valence-corrected chi connectivity index (χ3v) is 6.85. The van der Waals surface area contributed by atoms with Crippen molar-refractivity contribution in [3.63, 3.8) is 0 Å². The van der Waals surface area contributed by atoms with Crippen molar-refractivity contribution in [2.45, 2.75) is 18.3 Å². The molecule has 0 aromatic heterocycles. The van der Waals surface area contributed by atoms with Gasteiger partial charge in [0.1, 0.15) is 5.75 Å². The van der Waals surface area contributed by atoms with Gasteiger partial charge in [0.05, 0.1) is 36.3 Å². The molecule has 0 N–H and O–H groups in total. The van der Waals surface area contributed by atoms with Crippen molar-refractivity contribution < 1.29 is 31.1 Å². The smallest absolute Gasteiger partial charge is 0.416 e. The summed E-state index contributed by atoms with van der Waals surface area (Å²) >= 11 is 0. The predicted octanol–water partition coefficient (Wildman–Crippen LogP) is 3.33. The molecule has 2 aromatic carbocycles. The molecule has 0 aliphatic carbocycles. The minimum Gasteiger partial charge on any atom is -0.497 e. The first kappa shape index (κ1) is 19.6. The molecular formula is C19H17F3N2O4S. The van der Waals surface area contributed by atoms with Gasteiger partial charge in [-0.15, -0.1) is 0 Å². The number of alkyl halides is 3. The molecule has 6 nitrogen and oxygen atoms in total. The van der Waals surface area contributed by atoms with E-state index in [1.807, 2.05) is 0 Å². The summed E-state index contributed by atoms with van der Waals surface area (Å²) in [5, 5.41) is 0. The van der Waals surface area contributed by atoms with Gasteiger partial charge in [0.15, 0.2) is 9.84 Å². The Hall–Kier alpha value is -2.75. The van der Waals surface area contributed by atoms with Crippen molar-refractivity contribution in [2.75, 3.05) is 28.4 Å². The topological polar surface area (TPSA) is 66.9 Å². The zero-order valence-electron chi connectivity index (χ0n) is 15.3. The predicted molar refractivity (Wildman–Crippen MR) is 101 cm³/mol. The molecule has 0 saturated carbocycles. The Morgan fingerprint density at radius 2 is 1.52 bits per heavy atom. The van der Waals surface area contributed by atoms with Crippen molar-refractivity contribution >= 4 is 27.2 Å². The third kappa shape index (κ3) is 3.41. The number of urea groups is 1. The second kappa shape index (κ2) is 6.65. The molecule has 0 radical (unpaired) electrons. The van der Waals surface area contributed by atoms with E-state index in [1.165, 1.54) is 24.1 Å². The number of carbonyl (C=O) groups excluding carboxylic acids is 1. The molecule has 2 saturated heterocycles. The molecule has 2 fully saturated rings. The maximum Gasteiger partial charge on any atom is 0.416 e. The van der Waals surface area contributed by atoms with Crippen molar-refractivity contribution in [1.29, 1.82) is 0 Å². The Morgan fingerprint density at radius 3 is 2.07 bits per heavy atom. The van der Waals surface area contributed by atoms with Crippen molar-refractivity contribution in [2.24, 2.45) is 0 Å². The number of ether oxygens (including phenoxy) is 1. The molecule has 154 valence electrons. The second-order valence-corrected chi connectivity index (χ2v) is 9.14. The van der Waals surface area contributed by atoms with E-state index in [-0.39, 0.29) is 17.2 Å². The number of benzene rings is 2. The largest absolute Gasteiger partial charge is 0.497 e. The normalized spacial score (nSPS) is 23.4. The van der Waals surface area contributed by atoms with Gasteiger partial charge in [0, 0.05) is 17.4 Å². The number of carbonyl (C=O) groups is 1. The Labute approximate surface area is 165 Å². The molecule has 10 heteroatoms. The van der Waals surface area contributed by atoms with Crippen LogP contribution in [0.5, 0.6) is 5.75 Å². The lowest BCUT2D eigenvalue weighted by molar-refractivity contribution is -0.137. The van der Waals surface area contributed by atoms with Crippen molar-refractivity contribution in [3.05, 3.63) is 54.1 Å². The number of fused-ring (bicyclic) bond motifs is 1. The van der Waals surface area contributed by atoms with Crippen LogP contribution in [0.1, 0.15) is 5.56 Å². The molecule has 2 atom stereocenters. The van der Waals surface area contributed by atoms with Crippen molar-refractivity contribution in [1.82, 2.24) is 0 Å². The van der Waals surface area contributed by atoms with E-state index in [1.54, 1.807) is 24.3 Å². The van der Waals surface area contributed by atoms with Crippen molar-refractivity contribution in [3.8, 4) is 5.75 Å². The molecule has 2 amide bonds. The molecule has 4 rings (SSSR count). The SMILES string of the molecule is COc1cccc(N2C(=O)N(c3cccc(C(F)(F)F)c3)[C@H]3CS(=O)(=O)C[C@H]32)c1. The summed E-state index contributed by atoms with van der Waals surface area (Å²) in [4.78, 5) is 15.7. The fourth-order valence-corrected chi connectivity index (χ4v) is 5.82. The highest BCUT2D eigenvalue weighted by Gasteiger charge is 2.54. The van der Waals surface area contributed by atoms with Gasteiger partial charge in [-0.25, -0.2) is 13.2 Å². The van der Waals surface area contributed by atoms with Crippen LogP contribution in [0, 0.1) is 0 Å². The van der Waals surface area contributed by atoms with Gasteiger partial charge in [-0.05, 0) is 30.3 Å². The molecule has 2 aliphatic heterocycles. The first-order valence-corrected chi connectivity index (χ1v) is 10.6. The number of anilines is 2. The monoisotopic (exact) mass is 426 g/mol. The van der Waals surface area contributed by atoms with Gasteiger partial charge in [-0.1, -0.05) is 12.1 Å². The first-order valence-electron chi connectivity index (χ1n) is 8.75. The highest BCUT2D eigenvalue weighted by molar-refractivity contribution is 7.91. The number of amides is 2. The average Bonchev–Trinajstić information content (AvgIpc) is 3.09. The fraction of sp³-hybridized carbons (Fsp3) is 0.316. The standard InChI is InChI=1S/C19H17F3N2O4S/c1-28-15-7-3-6-14(9-15)24-17-11-29(26,27)10-16(17)23(18(24)25)13-5-2-4-12(8-13)19(20,21)22/h2-9,16-17H,10-11H2,1H3/t16-,17+/m0/s1. The maximum atomic E-state index is 13.2. The van der Waals surface area contributed by atoms with Crippen LogP contribution >= 0.6 is 0 Å².